The molecule has 0 aliphatic carbocycles. The maximum absolute atomic E-state index is 6.06. The van der Waals surface area contributed by atoms with Crippen LogP contribution in [-0.4, -0.2) is 19.6 Å². The molecule has 1 aromatic carbocycles. The van der Waals surface area contributed by atoms with Gasteiger partial charge in [-0.05, 0) is 38.0 Å². The van der Waals surface area contributed by atoms with Crippen LogP contribution in [0.5, 0.6) is 0 Å². The average molecular weight is 225 g/mol. The van der Waals surface area contributed by atoms with E-state index in [0.29, 0.717) is 6.04 Å². The lowest BCUT2D eigenvalue weighted by molar-refractivity contribution is 0.656. The first-order chi connectivity index (χ1) is 7.09. The minimum Gasteiger partial charge on any atom is -0.383 e. The smallest absolute Gasteiger partial charge is 0.0632 e. The second kappa shape index (κ2) is 3.93. The fraction of sp³-hybridized carbons (Fsp3) is 0.500. The van der Waals surface area contributed by atoms with E-state index in [9.17, 15) is 0 Å². The van der Waals surface area contributed by atoms with Gasteiger partial charge in [-0.3, -0.25) is 0 Å². The normalized spacial score (nSPS) is 20.5. The van der Waals surface area contributed by atoms with Crippen LogP contribution in [0.4, 0.5) is 11.4 Å². The third kappa shape index (κ3) is 1.91. The molecule has 2 rings (SSSR count). The Bertz CT molecular complexity index is 376. The van der Waals surface area contributed by atoms with Gasteiger partial charge in [0.2, 0.25) is 0 Å². The first-order valence-electron chi connectivity index (χ1n) is 5.36. The van der Waals surface area contributed by atoms with Crippen LogP contribution >= 0.6 is 11.6 Å². The molecule has 0 saturated heterocycles. The minimum atomic E-state index is 0.568. The zero-order chi connectivity index (χ0) is 11.0. The zero-order valence-electron chi connectivity index (χ0n) is 9.47. The lowest BCUT2D eigenvalue weighted by atomic mass is 10.1. The fourth-order valence-corrected chi connectivity index (χ4v) is 2.44. The number of hydrogen-bond acceptors (Lipinski definition) is 2. The molecular weight excluding hydrogens is 208 g/mol. The molecular formula is C12H17ClN2. The van der Waals surface area contributed by atoms with Crippen molar-refractivity contribution in [2.45, 2.75) is 26.3 Å². The van der Waals surface area contributed by atoms with Crippen LogP contribution < -0.4 is 10.2 Å². The van der Waals surface area contributed by atoms with Gasteiger partial charge in [0.25, 0.3) is 0 Å². The van der Waals surface area contributed by atoms with Crippen molar-refractivity contribution < 1.29 is 0 Å². The fourth-order valence-electron chi connectivity index (χ4n) is 2.17. The maximum atomic E-state index is 6.06. The van der Waals surface area contributed by atoms with E-state index in [1.54, 1.807) is 0 Å². The Kier molecular flexibility index (Phi) is 2.79. The summed E-state index contributed by atoms with van der Waals surface area (Å²) in [5, 5.41) is 4.25. The van der Waals surface area contributed by atoms with Gasteiger partial charge >= 0.3 is 0 Å². The largest absolute Gasteiger partial charge is 0.383 e. The second-order valence-electron chi connectivity index (χ2n) is 4.29. The van der Waals surface area contributed by atoms with E-state index in [1.165, 1.54) is 11.3 Å². The van der Waals surface area contributed by atoms with Crippen molar-refractivity contribution in [3.05, 3.63) is 22.7 Å². The second-order valence-corrected chi connectivity index (χ2v) is 4.73. The van der Waals surface area contributed by atoms with Crippen LogP contribution in [0.25, 0.3) is 0 Å². The van der Waals surface area contributed by atoms with Crippen LogP contribution in [0.2, 0.25) is 5.02 Å². The van der Waals surface area contributed by atoms with Crippen LogP contribution in [-0.2, 0) is 0 Å². The molecule has 3 heteroatoms. The van der Waals surface area contributed by atoms with E-state index in [4.69, 9.17) is 11.6 Å². The predicted molar refractivity (Wildman–Crippen MR) is 67.2 cm³/mol. The topological polar surface area (TPSA) is 15.3 Å². The Hall–Kier alpha value is -0.890. The Morgan fingerprint density at radius 2 is 2.20 bits per heavy atom. The number of hydrogen-bond donors (Lipinski definition) is 1. The van der Waals surface area contributed by atoms with E-state index in [-0.39, 0.29) is 0 Å². The van der Waals surface area contributed by atoms with E-state index >= 15 is 0 Å². The molecule has 1 N–H and O–H groups in total. The molecule has 1 aliphatic heterocycles. The number of nitrogens with zero attached hydrogens (tertiary/aromatic N) is 1. The molecule has 2 nitrogen and oxygen atoms in total. The van der Waals surface area contributed by atoms with Gasteiger partial charge in [-0.25, -0.2) is 0 Å². The summed E-state index contributed by atoms with van der Waals surface area (Å²) in [6.45, 7) is 5.38. The van der Waals surface area contributed by atoms with Gasteiger partial charge in [0, 0.05) is 24.7 Å². The molecule has 0 amide bonds. The number of halogens is 1. The third-order valence-corrected chi connectivity index (χ3v) is 3.37. The summed E-state index contributed by atoms with van der Waals surface area (Å²) in [6, 6.07) is 4.60. The minimum absolute atomic E-state index is 0.568. The first kappa shape index (κ1) is 10.6. The van der Waals surface area contributed by atoms with Crippen molar-refractivity contribution in [2.24, 2.45) is 0 Å². The maximum Gasteiger partial charge on any atom is 0.0632 e. The standard InChI is InChI=1S/C12H17ClN2/c1-8-6-10(13)7-11-12(8)15(3)9(2)4-5-14-11/h6-7,9,14H,4-5H2,1-3H3. The molecule has 0 aromatic heterocycles. The monoisotopic (exact) mass is 224 g/mol. The van der Waals surface area contributed by atoms with E-state index in [1.807, 2.05) is 12.1 Å². The predicted octanol–water partition coefficient (Wildman–Crippen LogP) is 3.29. The molecule has 1 aliphatic rings. The average Bonchev–Trinajstić information content (AvgIpc) is 2.27. The third-order valence-electron chi connectivity index (χ3n) is 3.16. The van der Waals surface area contributed by atoms with Gasteiger partial charge in [-0.2, -0.15) is 0 Å². The number of fused-ring (bicyclic) bond motifs is 1. The Balaban J connectivity index is 2.53. The summed E-state index contributed by atoms with van der Waals surface area (Å²) in [5.74, 6) is 0. The Morgan fingerprint density at radius 3 is 2.93 bits per heavy atom. The highest BCUT2D eigenvalue weighted by atomic mass is 35.5. The lowest BCUT2D eigenvalue weighted by Gasteiger charge is -2.27. The van der Waals surface area contributed by atoms with Crippen molar-refractivity contribution in [2.75, 3.05) is 23.8 Å². The molecule has 82 valence electrons. The summed E-state index contributed by atoms with van der Waals surface area (Å²) in [7, 11) is 2.15. The molecule has 1 aromatic rings. The lowest BCUT2D eigenvalue weighted by Crippen LogP contribution is -2.28. The van der Waals surface area contributed by atoms with Crippen molar-refractivity contribution in [1.82, 2.24) is 0 Å². The molecule has 0 radical (unpaired) electrons. The molecule has 0 saturated carbocycles. The zero-order valence-corrected chi connectivity index (χ0v) is 10.2. The first-order valence-corrected chi connectivity index (χ1v) is 5.74. The van der Waals surface area contributed by atoms with Crippen LogP contribution in [0.1, 0.15) is 18.9 Å². The molecule has 0 spiro atoms. The molecule has 0 bridgehead atoms. The highest BCUT2D eigenvalue weighted by Crippen LogP contribution is 2.35. The van der Waals surface area contributed by atoms with Crippen LogP contribution in [0.3, 0.4) is 0 Å². The van der Waals surface area contributed by atoms with E-state index < -0.39 is 0 Å². The molecule has 1 unspecified atom stereocenters. The van der Waals surface area contributed by atoms with E-state index in [0.717, 1.165) is 23.7 Å². The van der Waals surface area contributed by atoms with Crippen molar-refractivity contribution in [3.8, 4) is 0 Å². The number of benzene rings is 1. The summed E-state index contributed by atoms with van der Waals surface area (Å²) < 4.78 is 0. The highest BCUT2D eigenvalue weighted by molar-refractivity contribution is 6.31. The van der Waals surface area contributed by atoms with Crippen LogP contribution in [0.15, 0.2) is 12.1 Å². The summed E-state index contributed by atoms with van der Waals surface area (Å²) >= 11 is 6.06. The SMILES string of the molecule is Cc1cc(Cl)cc2c1N(C)C(C)CCN2. The number of anilines is 2. The highest BCUT2D eigenvalue weighted by Gasteiger charge is 2.19. The number of rotatable bonds is 0. The molecule has 15 heavy (non-hydrogen) atoms. The van der Waals surface area contributed by atoms with Gasteiger partial charge in [-0.1, -0.05) is 11.6 Å². The molecule has 0 fully saturated rings. The number of aryl methyl sites for hydroxylation is 1. The van der Waals surface area contributed by atoms with Crippen LogP contribution in [0, 0.1) is 6.92 Å². The van der Waals surface area contributed by atoms with Gasteiger partial charge in [0.1, 0.15) is 0 Å². The van der Waals surface area contributed by atoms with Gasteiger partial charge in [0.05, 0.1) is 11.4 Å². The van der Waals surface area contributed by atoms with Crippen molar-refractivity contribution in [3.63, 3.8) is 0 Å². The summed E-state index contributed by atoms with van der Waals surface area (Å²) in [5.41, 5.74) is 3.68. The van der Waals surface area contributed by atoms with Crippen molar-refractivity contribution >= 4 is 23.0 Å². The van der Waals surface area contributed by atoms with E-state index in [2.05, 4.69) is 31.1 Å². The Labute approximate surface area is 96.2 Å². The number of nitrogens with one attached hydrogen (secondary N) is 1. The van der Waals surface area contributed by atoms with Gasteiger partial charge < -0.3 is 10.2 Å². The molecule has 1 heterocycles. The summed E-state index contributed by atoms with van der Waals surface area (Å²) in [4.78, 5) is 2.33. The van der Waals surface area contributed by atoms with Gasteiger partial charge in [-0.15, -0.1) is 0 Å². The van der Waals surface area contributed by atoms with Crippen molar-refractivity contribution in [1.29, 1.82) is 0 Å². The van der Waals surface area contributed by atoms with Gasteiger partial charge in [0.15, 0.2) is 0 Å². The quantitative estimate of drug-likeness (QED) is 0.728. The summed E-state index contributed by atoms with van der Waals surface area (Å²) in [6.07, 6.45) is 1.15. The molecule has 1 atom stereocenters. The Morgan fingerprint density at radius 1 is 1.47 bits per heavy atom.